The van der Waals surface area contributed by atoms with Gasteiger partial charge in [-0.2, -0.15) is 10.2 Å². The van der Waals surface area contributed by atoms with Crippen LogP contribution >= 0.6 is 0 Å². The summed E-state index contributed by atoms with van der Waals surface area (Å²) >= 11 is 0. The molecule has 2 aromatic heterocycles. The molecule has 2 atom stereocenters. The molecule has 3 rings (SSSR count). The molecule has 25 heavy (non-hydrogen) atoms. The van der Waals surface area contributed by atoms with Crippen molar-refractivity contribution in [3.63, 3.8) is 0 Å². The summed E-state index contributed by atoms with van der Waals surface area (Å²) in [5.41, 5.74) is 6.09. The van der Waals surface area contributed by atoms with Gasteiger partial charge < -0.3 is 10.1 Å². The smallest absolute Gasteiger partial charge is 0.0901 e. The first-order valence-corrected chi connectivity index (χ1v) is 9.14. The molecule has 1 aliphatic heterocycles. The highest BCUT2D eigenvalue weighted by Crippen LogP contribution is 2.37. The van der Waals surface area contributed by atoms with Crippen molar-refractivity contribution < 1.29 is 4.74 Å². The lowest BCUT2D eigenvalue weighted by Crippen LogP contribution is -2.26. The summed E-state index contributed by atoms with van der Waals surface area (Å²) in [6.45, 7) is 13.4. The van der Waals surface area contributed by atoms with Gasteiger partial charge in [0.15, 0.2) is 0 Å². The molecule has 2 N–H and O–H groups in total. The summed E-state index contributed by atoms with van der Waals surface area (Å²) < 4.78 is 8.04. The average Bonchev–Trinajstić information content (AvgIpc) is 3.21. The van der Waals surface area contributed by atoms with Crippen LogP contribution in [0.5, 0.6) is 0 Å². The van der Waals surface area contributed by atoms with Crippen LogP contribution in [0.2, 0.25) is 0 Å². The standard InChI is InChI=1S/C19H31N5O/c1-12-16(13(2)24(6)23-12)17-14(7-8-25-17)9-20-10-15-11-21-22-18(15)19(3,4)5/h11,14,17,20H,7-10H2,1-6H3,(H,21,22)/t14-,17+/m1/s1. The van der Waals surface area contributed by atoms with Crippen LogP contribution in [-0.4, -0.2) is 33.1 Å². The van der Waals surface area contributed by atoms with Crippen LogP contribution in [0.15, 0.2) is 6.20 Å². The summed E-state index contributed by atoms with van der Waals surface area (Å²) in [4.78, 5) is 0. The van der Waals surface area contributed by atoms with E-state index in [1.165, 1.54) is 22.5 Å². The minimum atomic E-state index is 0.0798. The van der Waals surface area contributed by atoms with Gasteiger partial charge in [0.25, 0.3) is 0 Å². The van der Waals surface area contributed by atoms with Crippen LogP contribution in [0, 0.1) is 19.8 Å². The first-order valence-electron chi connectivity index (χ1n) is 9.14. The van der Waals surface area contributed by atoms with E-state index >= 15 is 0 Å². The molecule has 6 heteroatoms. The maximum Gasteiger partial charge on any atom is 0.0901 e. The van der Waals surface area contributed by atoms with Crippen molar-refractivity contribution in [3.05, 3.63) is 34.4 Å². The van der Waals surface area contributed by atoms with Gasteiger partial charge in [-0.15, -0.1) is 0 Å². The summed E-state index contributed by atoms with van der Waals surface area (Å²) in [5.74, 6) is 0.478. The summed E-state index contributed by atoms with van der Waals surface area (Å²) in [5, 5.41) is 15.6. The van der Waals surface area contributed by atoms with Crippen molar-refractivity contribution in [2.24, 2.45) is 13.0 Å². The maximum absolute atomic E-state index is 6.08. The Morgan fingerprint density at radius 3 is 2.76 bits per heavy atom. The van der Waals surface area contributed by atoms with Gasteiger partial charge in [0.05, 0.1) is 18.0 Å². The van der Waals surface area contributed by atoms with E-state index in [0.29, 0.717) is 5.92 Å². The Kier molecular flexibility index (Phi) is 5.02. The van der Waals surface area contributed by atoms with Gasteiger partial charge in [-0.3, -0.25) is 9.78 Å². The normalized spacial score (nSPS) is 21.2. The zero-order valence-corrected chi connectivity index (χ0v) is 16.3. The molecule has 6 nitrogen and oxygen atoms in total. The van der Waals surface area contributed by atoms with Gasteiger partial charge in [-0.1, -0.05) is 20.8 Å². The summed E-state index contributed by atoms with van der Waals surface area (Å²) in [6.07, 6.45) is 3.17. The van der Waals surface area contributed by atoms with Crippen LogP contribution in [-0.2, 0) is 23.7 Å². The van der Waals surface area contributed by atoms with Crippen molar-refractivity contribution >= 4 is 0 Å². The minimum Gasteiger partial charge on any atom is -0.373 e. The third kappa shape index (κ3) is 3.65. The van der Waals surface area contributed by atoms with Crippen LogP contribution in [0.3, 0.4) is 0 Å². The predicted octanol–water partition coefficient (Wildman–Crippen LogP) is 2.92. The van der Waals surface area contributed by atoms with Crippen LogP contribution in [0.1, 0.15) is 61.5 Å². The Bertz CT molecular complexity index is 725. The van der Waals surface area contributed by atoms with Gasteiger partial charge >= 0.3 is 0 Å². The molecule has 0 radical (unpaired) electrons. The van der Waals surface area contributed by atoms with E-state index in [9.17, 15) is 0 Å². The van der Waals surface area contributed by atoms with E-state index in [4.69, 9.17) is 4.74 Å². The number of aryl methyl sites for hydroxylation is 2. The molecule has 0 unspecified atom stereocenters. The number of rotatable bonds is 5. The van der Waals surface area contributed by atoms with E-state index in [0.717, 1.165) is 31.8 Å². The molecule has 2 aromatic rings. The Balaban J connectivity index is 1.64. The third-order valence-electron chi connectivity index (χ3n) is 5.25. The van der Waals surface area contributed by atoms with Crippen molar-refractivity contribution in [2.75, 3.05) is 13.2 Å². The quantitative estimate of drug-likeness (QED) is 0.874. The maximum atomic E-state index is 6.08. The van der Waals surface area contributed by atoms with Crippen molar-refractivity contribution in [3.8, 4) is 0 Å². The zero-order chi connectivity index (χ0) is 18.2. The second-order valence-corrected chi connectivity index (χ2v) is 8.20. The Morgan fingerprint density at radius 2 is 2.12 bits per heavy atom. The van der Waals surface area contributed by atoms with Crippen molar-refractivity contribution in [2.45, 2.75) is 59.1 Å². The lowest BCUT2D eigenvalue weighted by molar-refractivity contribution is 0.0893. The van der Waals surface area contributed by atoms with Gasteiger partial charge in [0.2, 0.25) is 0 Å². The molecular formula is C19H31N5O. The molecular weight excluding hydrogens is 314 g/mol. The van der Waals surface area contributed by atoms with E-state index in [1.807, 2.05) is 17.9 Å². The number of nitrogens with zero attached hydrogens (tertiary/aromatic N) is 3. The molecule has 0 bridgehead atoms. The molecule has 0 aliphatic carbocycles. The number of ether oxygens (including phenoxy) is 1. The minimum absolute atomic E-state index is 0.0798. The third-order valence-corrected chi connectivity index (χ3v) is 5.25. The SMILES string of the molecule is Cc1nn(C)c(C)c1[C@H]1OCC[C@@H]1CNCc1cn[nH]c1C(C)(C)C. The van der Waals surface area contributed by atoms with E-state index in [2.05, 4.69) is 55.2 Å². The molecule has 0 saturated carbocycles. The summed E-state index contributed by atoms with van der Waals surface area (Å²) in [6, 6.07) is 0. The lowest BCUT2D eigenvalue weighted by Gasteiger charge is -2.21. The number of hydrogen-bond acceptors (Lipinski definition) is 4. The fourth-order valence-electron chi connectivity index (χ4n) is 3.85. The fourth-order valence-corrected chi connectivity index (χ4v) is 3.85. The first-order chi connectivity index (χ1) is 11.8. The Morgan fingerprint density at radius 1 is 1.36 bits per heavy atom. The van der Waals surface area contributed by atoms with Crippen LogP contribution < -0.4 is 5.32 Å². The fraction of sp³-hybridized carbons (Fsp3) is 0.684. The van der Waals surface area contributed by atoms with Gasteiger partial charge in [0.1, 0.15) is 0 Å². The lowest BCUT2D eigenvalue weighted by atomic mass is 9.89. The number of aromatic amines is 1. The van der Waals surface area contributed by atoms with Gasteiger partial charge in [-0.25, -0.2) is 0 Å². The van der Waals surface area contributed by atoms with Crippen molar-refractivity contribution in [1.29, 1.82) is 0 Å². The molecule has 0 spiro atoms. The highest BCUT2D eigenvalue weighted by Gasteiger charge is 2.33. The van der Waals surface area contributed by atoms with E-state index < -0.39 is 0 Å². The largest absolute Gasteiger partial charge is 0.373 e. The molecule has 0 amide bonds. The monoisotopic (exact) mass is 345 g/mol. The van der Waals surface area contributed by atoms with E-state index in [1.54, 1.807) is 0 Å². The van der Waals surface area contributed by atoms with Crippen LogP contribution in [0.25, 0.3) is 0 Å². The number of nitrogens with one attached hydrogen (secondary N) is 2. The Labute approximate surface area is 150 Å². The zero-order valence-electron chi connectivity index (χ0n) is 16.3. The molecule has 0 aromatic carbocycles. The number of hydrogen-bond donors (Lipinski definition) is 2. The van der Waals surface area contributed by atoms with E-state index in [-0.39, 0.29) is 11.5 Å². The topological polar surface area (TPSA) is 67.8 Å². The first kappa shape index (κ1) is 18.1. The highest BCUT2D eigenvalue weighted by molar-refractivity contribution is 5.28. The van der Waals surface area contributed by atoms with Gasteiger partial charge in [-0.05, 0) is 20.3 Å². The Hall–Kier alpha value is -1.66. The summed E-state index contributed by atoms with van der Waals surface area (Å²) in [7, 11) is 2.00. The average molecular weight is 345 g/mol. The molecule has 1 fully saturated rings. The van der Waals surface area contributed by atoms with Crippen LogP contribution in [0.4, 0.5) is 0 Å². The molecule has 138 valence electrons. The number of aromatic nitrogens is 4. The molecule has 3 heterocycles. The van der Waals surface area contributed by atoms with Crippen molar-refractivity contribution in [1.82, 2.24) is 25.3 Å². The predicted molar refractivity (Wildman–Crippen MR) is 98.5 cm³/mol. The molecule has 1 aliphatic rings. The van der Waals surface area contributed by atoms with Gasteiger partial charge in [0, 0.05) is 60.6 Å². The molecule has 1 saturated heterocycles. The second-order valence-electron chi connectivity index (χ2n) is 8.20. The second kappa shape index (κ2) is 6.92. The highest BCUT2D eigenvalue weighted by atomic mass is 16.5. The number of H-pyrrole nitrogens is 1.